The van der Waals surface area contributed by atoms with Gasteiger partial charge in [0.15, 0.2) is 5.96 Å². The van der Waals surface area contributed by atoms with Crippen LogP contribution in [0.5, 0.6) is 0 Å². The molecule has 1 aliphatic heterocycles. The largest absolute Gasteiger partial charge is 0.357 e. The topological polar surface area (TPSA) is 72.9 Å². The average Bonchev–Trinajstić information content (AvgIpc) is 3.32. The standard InChI is InChI=1S/C19H32N6OS.HI/c1-4-20-19(21-11-16-13-27-18(23-16)14(2)3)25-9-7-24(8-10-25)12-17(26)22-15-5-6-15;/h13-15H,4-12H2,1-3H3,(H,20,21)(H,22,26);1H. The number of aromatic nitrogens is 1. The maximum Gasteiger partial charge on any atom is 0.234 e. The number of nitrogens with zero attached hydrogens (tertiary/aromatic N) is 4. The molecule has 158 valence electrons. The molecule has 0 spiro atoms. The second-order valence-electron chi connectivity index (χ2n) is 7.61. The van der Waals surface area contributed by atoms with E-state index in [-0.39, 0.29) is 29.9 Å². The van der Waals surface area contributed by atoms with Crippen molar-refractivity contribution in [3.63, 3.8) is 0 Å². The van der Waals surface area contributed by atoms with Crippen LogP contribution in [-0.2, 0) is 11.3 Å². The lowest BCUT2D eigenvalue weighted by Crippen LogP contribution is -2.54. The summed E-state index contributed by atoms with van der Waals surface area (Å²) in [5.41, 5.74) is 1.04. The molecule has 0 unspecified atom stereocenters. The van der Waals surface area contributed by atoms with Crippen molar-refractivity contribution in [3.05, 3.63) is 16.1 Å². The zero-order valence-corrected chi connectivity index (χ0v) is 20.3. The van der Waals surface area contributed by atoms with Crippen LogP contribution in [0.4, 0.5) is 0 Å². The van der Waals surface area contributed by atoms with E-state index < -0.39 is 0 Å². The fourth-order valence-corrected chi connectivity index (χ4v) is 3.89. The molecule has 1 saturated carbocycles. The monoisotopic (exact) mass is 520 g/mol. The van der Waals surface area contributed by atoms with Crippen molar-refractivity contribution >= 4 is 47.2 Å². The molecule has 2 heterocycles. The van der Waals surface area contributed by atoms with E-state index in [1.807, 2.05) is 0 Å². The third-order valence-electron chi connectivity index (χ3n) is 4.77. The number of carbonyl (C=O) groups excluding carboxylic acids is 1. The zero-order chi connectivity index (χ0) is 19.2. The quantitative estimate of drug-likeness (QED) is 0.328. The number of amides is 1. The maximum absolute atomic E-state index is 12.0. The van der Waals surface area contributed by atoms with Gasteiger partial charge in [-0.05, 0) is 19.8 Å². The van der Waals surface area contributed by atoms with Crippen LogP contribution in [0, 0.1) is 0 Å². The molecule has 28 heavy (non-hydrogen) atoms. The fourth-order valence-electron chi connectivity index (χ4n) is 3.06. The van der Waals surface area contributed by atoms with Crippen LogP contribution >= 0.6 is 35.3 Å². The average molecular weight is 520 g/mol. The van der Waals surface area contributed by atoms with Crippen molar-refractivity contribution in [2.24, 2.45) is 4.99 Å². The Morgan fingerprint density at radius 2 is 2.04 bits per heavy atom. The summed E-state index contributed by atoms with van der Waals surface area (Å²) in [6.45, 7) is 11.9. The van der Waals surface area contributed by atoms with Gasteiger partial charge in [-0.2, -0.15) is 0 Å². The van der Waals surface area contributed by atoms with Crippen molar-refractivity contribution < 1.29 is 4.79 Å². The van der Waals surface area contributed by atoms with Gasteiger partial charge in [0.05, 0.1) is 23.8 Å². The molecule has 1 aliphatic carbocycles. The second kappa shape index (κ2) is 11.3. The third kappa shape index (κ3) is 7.14. The molecule has 0 bridgehead atoms. The van der Waals surface area contributed by atoms with Gasteiger partial charge in [0, 0.05) is 50.1 Å². The van der Waals surface area contributed by atoms with Gasteiger partial charge in [0.1, 0.15) is 0 Å². The highest BCUT2D eigenvalue weighted by molar-refractivity contribution is 14.0. The highest BCUT2D eigenvalue weighted by Gasteiger charge is 2.25. The summed E-state index contributed by atoms with van der Waals surface area (Å²) in [4.78, 5) is 26.0. The Morgan fingerprint density at radius 1 is 1.32 bits per heavy atom. The van der Waals surface area contributed by atoms with E-state index in [2.05, 4.69) is 51.6 Å². The van der Waals surface area contributed by atoms with Gasteiger partial charge in [0.25, 0.3) is 0 Å². The van der Waals surface area contributed by atoms with E-state index in [4.69, 9.17) is 4.99 Å². The smallest absolute Gasteiger partial charge is 0.234 e. The Labute approximate surface area is 189 Å². The number of hydrogen-bond donors (Lipinski definition) is 2. The number of nitrogens with one attached hydrogen (secondary N) is 2. The summed E-state index contributed by atoms with van der Waals surface area (Å²) < 4.78 is 0. The second-order valence-corrected chi connectivity index (χ2v) is 8.50. The van der Waals surface area contributed by atoms with Crippen LogP contribution in [0.2, 0.25) is 0 Å². The third-order valence-corrected chi connectivity index (χ3v) is 5.96. The summed E-state index contributed by atoms with van der Waals surface area (Å²) in [7, 11) is 0. The van der Waals surface area contributed by atoms with E-state index >= 15 is 0 Å². The van der Waals surface area contributed by atoms with Gasteiger partial charge in [0.2, 0.25) is 5.91 Å². The number of hydrogen-bond acceptors (Lipinski definition) is 5. The number of halogens is 1. The van der Waals surface area contributed by atoms with Crippen molar-refractivity contribution in [3.8, 4) is 0 Å². The zero-order valence-electron chi connectivity index (χ0n) is 17.1. The van der Waals surface area contributed by atoms with E-state index in [0.29, 0.717) is 25.0 Å². The first-order valence-electron chi connectivity index (χ1n) is 10.0. The van der Waals surface area contributed by atoms with Gasteiger partial charge in [-0.25, -0.2) is 9.98 Å². The minimum absolute atomic E-state index is 0. The summed E-state index contributed by atoms with van der Waals surface area (Å²) >= 11 is 1.71. The van der Waals surface area contributed by atoms with E-state index in [9.17, 15) is 4.79 Å². The molecule has 1 amide bonds. The Balaban J connectivity index is 0.00000280. The molecule has 2 fully saturated rings. The van der Waals surface area contributed by atoms with Crippen molar-refractivity contribution in [1.82, 2.24) is 25.4 Å². The summed E-state index contributed by atoms with van der Waals surface area (Å²) in [6, 6.07) is 0.438. The first-order valence-corrected chi connectivity index (χ1v) is 10.9. The van der Waals surface area contributed by atoms with Crippen molar-refractivity contribution in [2.45, 2.75) is 52.1 Å². The Bertz CT molecular complexity index is 653. The molecule has 0 atom stereocenters. The van der Waals surface area contributed by atoms with Crippen LogP contribution in [-0.4, -0.2) is 72.0 Å². The number of carbonyl (C=O) groups is 1. The van der Waals surface area contributed by atoms with E-state index in [1.54, 1.807) is 11.3 Å². The van der Waals surface area contributed by atoms with Gasteiger partial charge < -0.3 is 15.5 Å². The molecule has 0 radical (unpaired) electrons. The van der Waals surface area contributed by atoms with Crippen LogP contribution in [0.3, 0.4) is 0 Å². The summed E-state index contributed by atoms with van der Waals surface area (Å²) in [5, 5.41) is 9.74. The van der Waals surface area contributed by atoms with E-state index in [0.717, 1.165) is 57.2 Å². The molecule has 0 aromatic carbocycles. The van der Waals surface area contributed by atoms with Gasteiger partial charge >= 0.3 is 0 Å². The predicted octanol–water partition coefficient (Wildman–Crippen LogP) is 2.25. The Hall–Kier alpha value is -0.940. The molecule has 2 N–H and O–H groups in total. The van der Waals surface area contributed by atoms with Crippen LogP contribution in [0.25, 0.3) is 0 Å². The predicted molar refractivity (Wildman–Crippen MR) is 126 cm³/mol. The van der Waals surface area contributed by atoms with Crippen molar-refractivity contribution in [1.29, 1.82) is 0 Å². The van der Waals surface area contributed by atoms with Gasteiger partial charge in [-0.1, -0.05) is 13.8 Å². The molecular formula is C19H33IN6OS. The maximum atomic E-state index is 12.0. The number of rotatable bonds is 7. The molecule has 1 saturated heterocycles. The lowest BCUT2D eigenvalue weighted by molar-refractivity contribution is -0.122. The molecular weight excluding hydrogens is 487 g/mol. The number of guanidine groups is 1. The molecule has 1 aromatic rings. The minimum atomic E-state index is 0. The minimum Gasteiger partial charge on any atom is -0.357 e. The van der Waals surface area contributed by atoms with Crippen LogP contribution in [0.15, 0.2) is 10.4 Å². The summed E-state index contributed by atoms with van der Waals surface area (Å²) in [5.74, 6) is 1.57. The lowest BCUT2D eigenvalue weighted by atomic mass is 10.2. The SMILES string of the molecule is CCNC(=NCc1csc(C(C)C)n1)N1CCN(CC(=O)NC2CC2)CC1.I. The van der Waals surface area contributed by atoms with E-state index in [1.165, 1.54) is 5.01 Å². The Kier molecular flexibility index (Phi) is 9.42. The van der Waals surface area contributed by atoms with Crippen molar-refractivity contribution in [2.75, 3.05) is 39.3 Å². The molecule has 1 aromatic heterocycles. The number of piperazine rings is 1. The number of thiazole rings is 1. The first-order chi connectivity index (χ1) is 13.0. The fraction of sp³-hybridized carbons (Fsp3) is 0.737. The molecule has 7 nitrogen and oxygen atoms in total. The molecule has 9 heteroatoms. The summed E-state index contributed by atoms with van der Waals surface area (Å²) in [6.07, 6.45) is 2.28. The highest BCUT2D eigenvalue weighted by atomic mass is 127. The highest BCUT2D eigenvalue weighted by Crippen LogP contribution is 2.20. The van der Waals surface area contributed by atoms with Crippen LogP contribution < -0.4 is 10.6 Å². The first kappa shape index (κ1) is 23.3. The molecule has 2 aliphatic rings. The van der Waals surface area contributed by atoms with Gasteiger partial charge in [-0.15, -0.1) is 35.3 Å². The van der Waals surface area contributed by atoms with Gasteiger partial charge in [-0.3, -0.25) is 9.69 Å². The number of aliphatic imine (C=N–C) groups is 1. The lowest BCUT2D eigenvalue weighted by Gasteiger charge is -2.36. The molecule has 3 rings (SSSR count). The van der Waals surface area contributed by atoms with Crippen LogP contribution in [0.1, 0.15) is 50.2 Å². The Morgan fingerprint density at radius 3 is 2.61 bits per heavy atom. The normalized spacial score (nSPS) is 18.1.